The number of likely N-dealkylation sites (tertiary alicyclic amines) is 1. The Balaban J connectivity index is 1.84. The largest absolute Gasteiger partial charge is 0.505 e. The normalized spacial score (nSPS) is 18.3. The van der Waals surface area contributed by atoms with Gasteiger partial charge in [0.05, 0.1) is 0 Å². The number of hydrogen-bond donors (Lipinski definition) is 2. The molecule has 1 heterocycles. The maximum absolute atomic E-state index is 13.3. The number of hydrogen-bond acceptors (Lipinski definition) is 4. The molecule has 2 N–H and O–H groups in total. The zero-order valence-electron chi connectivity index (χ0n) is 13.9. The van der Waals surface area contributed by atoms with Gasteiger partial charge in [0.25, 0.3) is 0 Å². The molecule has 0 aromatic heterocycles. The number of amides is 1. The molecule has 0 aliphatic carbocycles. The Kier molecular flexibility index (Phi) is 5.46. The lowest BCUT2D eigenvalue weighted by molar-refractivity contribution is 0.0226. The summed E-state index contributed by atoms with van der Waals surface area (Å²) in [5.41, 5.74) is 0.253. The summed E-state index contributed by atoms with van der Waals surface area (Å²) in [6.45, 7) is 7.38. The minimum absolute atomic E-state index is 0.0896. The number of ether oxygens (including phenoxy) is 1. The van der Waals surface area contributed by atoms with Crippen LogP contribution in [-0.2, 0) is 11.3 Å². The lowest BCUT2D eigenvalue weighted by Crippen LogP contribution is -2.44. The van der Waals surface area contributed by atoms with Crippen LogP contribution in [0.1, 0.15) is 39.2 Å². The topological polar surface area (TPSA) is 61.8 Å². The van der Waals surface area contributed by atoms with Gasteiger partial charge in [-0.05, 0) is 51.3 Å². The van der Waals surface area contributed by atoms with Crippen molar-refractivity contribution in [3.8, 4) is 5.75 Å². The lowest BCUT2D eigenvalue weighted by atomic mass is 10.2. The van der Waals surface area contributed by atoms with E-state index < -0.39 is 11.4 Å². The van der Waals surface area contributed by atoms with Gasteiger partial charge in [0.2, 0.25) is 0 Å². The molecule has 1 fully saturated rings. The number of halogens is 1. The number of rotatable bonds is 4. The van der Waals surface area contributed by atoms with Crippen molar-refractivity contribution in [2.45, 2.75) is 51.8 Å². The standard InChI is InChI=1S/C17H25FN2O3/c1-17(2,3)23-16(22)20-8-4-5-13(20)11-19-10-12-6-7-15(21)14(18)9-12/h6-7,9,13,19,21H,4-5,8,10-11H2,1-3H3. The molecule has 1 aliphatic heterocycles. The molecule has 0 bridgehead atoms. The van der Waals surface area contributed by atoms with Crippen LogP contribution in [-0.4, -0.2) is 40.8 Å². The molecule has 1 amide bonds. The monoisotopic (exact) mass is 324 g/mol. The number of nitrogens with zero attached hydrogens (tertiary/aromatic N) is 1. The highest BCUT2D eigenvalue weighted by Gasteiger charge is 2.31. The molecular formula is C17H25FN2O3. The zero-order valence-corrected chi connectivity index (χ0v) is 13.9. The third kappa shape index (κ3) is 5.10. The molecule has 2 rings (SSSR count). The van der Waals surface area contributed by atoms with Crippen LogP contribution >= 0.6 is 0 Å². The summed E-state index contributed by atoms with van der Waals surface area (Å²) in [7, 11) is 0. The Bertz CT molecular complexity index is 557. The predicted molar refractivity (Wildman–Crippen MR) is 85.7 cm³/mol. The first-order valence-corrected chi connectivity index (χ1v) is 7.94. The van der Waals surface area contributed by atoms with Crippen molar-refractivity contribution in [2.75, 3.05) is 13.1 Å². The van der Waals surface area contributed by atoms with Gasteiger partial charge in [0, 0.05) is 25.7 Å². The number of aromatic hydroxyl groups is 1. The fraction of sp³-hybridized carbons (Fsp3) is 0.588. The Labute approximate surface area is 136 Å². The maximum Gasteiger partial charge on any atom is 0.410 e. The summed E-state index contributed by atoms with van der Waals surface area (Å²) in [5.74, 6) is -0.971. The fourth-order valence-corrected chi connectivity index (χ4v) is 2.65. The first-order valence-electron chi connectivity index (χ1n) is 7.94. The van der Waals surface area contributed by atoms with E-state index in [4.69, 9.17) is 4.74 Å². The van der Waals surface area contributed by atoms with E-state index in [1.54, 1.807) is 11.0 Å². The number of phenols is 1. The number of carbonyl (C=O) groups excluding carboxylic acids is 1. The third-order valence-electron chi connectivity index (χ3n) is 3.73. The van der Waals surface area contributed by atoms with Gasteiger partial charge in [0.15, 0.2) is 11.6 Å². The van der Waals surface area contributed by atoms with Crippen molar-refractivity contribution in [2.24, 2.45) is 0 Å². The molecule has 23 heavy (non-hydrogen) atoms. The van der Waals surface area contributed by atoms with Crippen molar-refractivity contribution in [3.63, 3.8) is 0 Å². The minimum atomic E-state index is -0.624. The second kappa shape index (κ2) is 7.17. The van der Waals surface area contributed by atoms with E-state index in [9.17, 15) is 14.3 Å². The molecule has 5 nitrogen and oxygen atoms in total. The van der Waals surface area contributed by atoms with E-state index in [-0.39, 0.29) is 17.9 Å². The van der Waals surface area contributed by atoms with Crippen LogP contribution in [0.25, 0.3) is 0 Å². The second-order valence-electron chi connectivity index (χ2n) is 6.89. The summed E-state index contributed by atoms with van der Waals surface area (Å²) in [6.07, 6.45) is 1.60. The molecule has 1 atom stereocenters. The van der Waals surface area contributed by atoms with E-state index in [1.807, 2.05) is 20.8 Å². The van der Waals surface area contributed by atoms with Gasteiger partial charge in [0.1, 0.15) is 5.60 Å². The summed E-state index contributed by atoms with van der Waals surface area (Å²) in [6, 6.07) is 4.41. The molecule has 0 radical (unpaired) electrons. The molecule has 0 saturated carbocycles. The van der Waals surface area contributed by atoms with E-state index in [2.05, 4.69) is 5.32 Å². The summed E-state index contributed by atoms with van der Waals surface area (Å²) < 4.78 is 18.7. The van der Waals surface area contributed by atoms with Gasteiger partial charge < -0.3 is 20.1 Å². The summed E-state index contributed by atoms with van der Waals surface area (Å²) >= 11 is 0. The van der Waals surface area contributed by atoms with Crippen LogP contribution in [0.5, 0.6) is 5.75 Å². The van der Waals surface area contributed by atoms with Crippen LogP contribution in [0, 0.1) is 5.82 Å². The summed E-state index contributed by atoms with van der Waals surface area (Å²) in [4.78, 5) is 13.9. The average molecular weight is 324 g/mol. The Morgan fingerprint density at radius 1 is 1.48 bits per heavy atom. The van der Waals surface area contributed by atoms with Gasteiger partial charge in [-0.15, -0.1) is 0 Å². The Hall–Kier alpha value is -1.82. The van der Waals surface area contributed by atoms with Crippen LogP contribution < -0.4 is 5.32 Å². The first kappa shape index (κ1) is 17.5. The van der Waals surface area contributed by atoms with Crippen LogP contribution in [0.4, 0.5) is 9.18 Å². The highest BCUT2D eigenvalue weighted by Crippen LogP contribution is 2.21. The van der Waals surface area contributed by atoms with E-state index in [1.165, 1.54) is 12.1 Å². The van der Waals surface area contributed by atoms with Crippen molar-refractivity contribution < 1.29 is 19.0 Å². The third-order valence-corrected chi connectivity index (χ3v) is 3.73. The van der Waals surface area contributed by atoms with Gasteiger partial charge in [-0.2, -0.15) is 0 Å². The highest BCUT2D eigenvalue weighted by atomic mass is 19.1. The van der Waals surface area contributed by atoms with Crippen LogP contribution in [0.2, 0.25) is 0 Å². The van der Waals surface area contributed by atoms with E-state index in [0.717, 1.165) is 18.4 Å². The van der Waals surface area contributed by atoms with Crippen LogP contribution in [0.15, 0.2) is 18.2 Å². The molecule has 1 unspecified atom stereocenters. The number of carbonyl (C=O) groups is 1. The SMILES string of the molecule is CC(C)(C)OC(=O)N1CCCC1CNCc1ccc(O)c(F)c1. The smallest absolute Gasteiger partial charge is 0.410 e. The number of phenolic OH excluding ortho intramolecular Hbond substituents is 1. The van der Waals surface area contributed by atoms with Crippen molar-refractivity contribution in [3.05, 3.63) is 29.6 Å². The van der Waals surface area contributed by atoms with Crippen LogP contribution in [0.3, 0.4) is 0 Å². The Morgan fingerprint density at radius 2 is 2.22 bits per heavy atom. The lowest BCUT2D eigenvalue weighted by Gasteiger charge is -2.28. The first-order chi connectivity index (χ1) is 10.8. The quantitative estimate of drug-likeness (QED) is 0.894. The molecule has 128 valence electrons. The maximum atomic E-state index is 13.3. The van der Waals surface area contributed by atoms with Gasteiger partial charge >= 0.3 is 6.09 Å². The number of benzene rings is 1. The highest BCUT2D eigenvalue weighted by molar-refractivity contribution is 5.69. The van der Waals surface area contributed by atoms with Crippen molar-refractivity contribution in [1.29, 1.82) is 0 Å². The minimum Gasteiger partial charge on any atom is -0.505 e. The van der Waals surface area contributed by atoms with E-state index >= 15 is 0 Å². The van der Waals surface area contributed by atoms with Crippen molar-refractivity contribution >= 4 is 6.09 Å². The molecule has 1 saturated heterocycles. The summed E-state index contributed by atoms with van der Waals surface area (Å²) in [5, 5.41) is 12.4. The second-order valence-corrected chi connectivity index (χ2v) is 6.89. The van der Waals surface area contributed by atoms with Gasteiger partial charge in [-0.3, -0.25) is 0 Å². The molecule has 6 heteroatoms. The van der Waals surface area contributed by atoms with Gasteiger partial charge in [-0.25, -0.2) is 9.18 Å². The molecule has 1 aromatic carbocycles. The zero-order chi connectivity index (χ0) is 17.0. The van der Waals surface area contributed by atoms with Crippen molar-refractivity contribution in [1.82, 2.24) is 10.2 Å². The van der Waals surface area contributed by atoms with Gasteiger partial charge in [-0.1, -0.05) is 6.07 Å². The molecular weight excluding hydrogens is 299 g/mol. The molecule has 1 aliphatic rings. The number of nitrogens with one attached hydrogen (secondary N) is 1. The predicted octanol–water partition coefficient (Wildman–Crippen LogP) is 3.02. The average Bonchev–Trinajstić information content (AvgIpc) is 2.89. The van der Waals surface area contributed by atoms with E-state index in [0.29, 0.717) is 19.6 Å². The Morgan fingerprint density at radius 3 is 2.87 bits per heavy atom. The molecule has 0 spiro atoms. The molecule has 1 aromatic rings. The fourth-order valence-electron chi connectivity index (χ4n) is 2.65.